The molecule has 0 spiro atoms. The van der Waals surface area contributed by atoms with Crippen LogP contribution in [0.3, 0.4) is 0 Å². The van der Waals surface area contributed by atoms with E-state index in [0.717, 1.165) is 10.1 Å². The molecule has 2 aromatic carbocycles. The second kappa shape index (κ2) is 13.3. The molecule has 1 aromatic heterocycles. The highest BCUT2D eigenvalue weighted by molar-refractivity contribution is 6.74. The fourth-order valence-electron chi connectivity index (χ4n) is 4.41. The number of hydrogen-bond acceptors (Lipinski definition) is 8. The first-order chi connectivity index (χ1) is 19.9. The molecule has 1 saturated heterocycles. The number of esters is 1. The van der Waals surface area contributed by atoms with E-state index in [1.54, 1.807) is 24.3 Å². The molecule has 0 aliphatic carbocycles. The highest BCUT2D eigenvalue weighted by Crippen LogP contribution is 2.39. The normalized spacial score (nSPS) is 20.9. The van der Waals surface area contributed by atoms with Gasteiger partial charge in [0.15, 0.2) is 20.6 Å². The lowest BCUT2D eigenvalue weighted by molar-refractivity contribution is -0.0630. The van der Waals surface area contributed by atoms with Crippen molar-refractivity contribution in [2.75, 3.05) is 13.7 Å². The molecular formula is C31H40N2O8Si. The maximum absolute atomic E-state index is 13.6. The van der Waals surface area contributed by atoms with E-state index in [0.29, 0.717) is 5.56 Å². The van der Waals surface area contributed by atoms with Gasteiger partial charge in [0.25, 0.3) is 5.56 Å². The smallest absolute Gasteiger partial charge is 0.338 e. The summed E-state index contributed by atoms with van der Waals surface area (Å²) in [4.78, 5) is 39.3. The summed E-state index contributed by atoms with van der Waals surface area (Å²) in [6.07, 6.45) is -2.12. The van der Waals surface area contributed by atoms with Crippen molar-refractivity contribution in [1.29, 1.82) is 0 Å². The van der Waals surface area contributed by atoms with Crippen molar-refractivity contribution in [3.63, 3.8) is 0 Å². The fraction of sp³-hybridized carbons (Fsp3) is 0.452. The molecule has 10 nitrogen and oxygen atoms in total. The largest absolute Gasteiger partial charge is 0.453 e. The molecule has 4 atom stereocenters. The molecule has 1 aliphatic heterocycles. The number of carbonyl (C=O) groups is 1. The number of rotatable bonds is 11. The Labute approximate surface area is 246 Å². The van der Waals surface area contributed by atoms with Gasteiger partial charge in [0, 0.05) is 19.4 Å². The molecule has 2 heterocycles. The van der Waals surface area contributed by atoms with Crippen LogP contribution in [-0.4, -0.2) is 55.4 Å². The number of methoxy groups -OCH3 is 1. The summed E-state index contributed by atoms with van der Waals surface area (Å²) in [5, 5.41) is -0.0614. The van der Waals surface area contributed by atoms with Crippen molar-refractivity contribution in [3.8, 4) is 0 Å². The number of hydrogen-bond donors (Lipinski definition) is 0. The maximum Gasteiger partial charge on any atom is 0.338 e. The number of benzene rings is 2. The molecule has 42 heavy (non-hydrogen) atoms. The minimum atomic E-state index is -2.20. The Morgan fingerprint density at radius 3 is 2.21 bits per heavy atom. The van der Waals surface area contributed by atoms with Crippen molar-refractivity contribution in [2.45, 2.75) is 76.8 Å². The van der Waals surface area contributed by atoms with E-state index in [9.17, 15) is 14.4 Å². The van der Waals surface area contributed by atoms with Crippen molar-refractivity contribution in [2.24, 2.45) is 0 Å². The van der Waals surface area contributed by atoms with Crippen LogP contribution in [0.5, 0.6) is 0 Å². The van der Waals surface area contributed by atoms with E-state index in [-0.39, 0.29) is 25.0 Å². The zero-order valence-corrected chi connectivity index (χ0v) is 26.0. The first-order valence-corrected chi connectivity index (χ1v) is 16.9. The predicted octanol–water partition coefficient (Wildman–Crippen LogP) is 4.34. The van der Waals surface area contributed by atoms with E-state index in [4.69, 9.17) is 23.4 Å². The van der Waals surface area contributed by atoms with Gasteiger partial charge < -0.3 is 23.4 Å². The van der Waals surface area contributed by atoms with E-state index in [1.165, 1.54) is 23.9 Å². The second-order valence-electron chi connectivity index (χ2n) is 11.8. The average molecular weight is 597 g/mol. The van der Waals surface area contributed by atoms with E-state index >= 15 is 0 Å². The lowest BCUT2D eigenvalue weighted by Gasteiger charge is -2.37. The van der Waals surface area contributed by atoms with Gasteiger partial charge in [-0.05, 0) is 35.8 Å². The minimum Gasteiger partial charge on any atom is -0.453 e. The molecule has 0 N–H and O–H groups in total. The molecule has 0 amide bonds. The van der Waals surface area contributed by atoms with Gasteiger partial charge in [-0.2, -0.15) is 0 Å². The van der Waals surface area contributed by atoms with E-state index in [2.05, 4.69) is 33.9 Å². The Kier molecular flexibility index (Phi) is 10.0. The standard InChI is InChI=1S/C31H40N2O8Si/c1-31(2,3)42(5,6)39-20-24-26(41-29(35)23-15-11-8-12-16-23)27(37-4)28(40-24)32-18-17-25(34)33(30(32)36)21-38-19-22-13-9-7-10-14-22/h7-18,24,26-28H,19-21H2,1-6H3. The molecular weight excluding hydrogens is 556 g/mol. The summed E-state index contributed by atoms with van der Waals surface area (Å²) in [5.74, 6) is -0.546. The molecule has 1 aliphatic rings. The van der Waals surface area contributed by atoms with Gasteiger partial charge in [0.05, 0.1) is 18.8 Å². The lowest BCUT2D eigenvalue weighted by Crippen LogP contribution is -2.46. The molecule has 4 rings (SSSR count). The highest BCUT2D eigenvalue weighted by atomic mass is 28.4. The lowest BCUT2D eigenvalue weighted by atomic mass is 10.1. The Morgan fingerprint density at radius 1 is 0.952 bits per heavy atom. The van der Waals surface area contributed by atoms with Crippen molar-refractivity contribution in [3.05, 3.63) is 105 Å². The Balaban J connectivity index is 1.61. The van der Waals surface area contributed by atoms with Gasteiger partial charge in [0.1, 0.15) is 18.9 Å². The number of ether oxygens (including phenoxy) is 4. The third kappa shape index (κ3) is 7.16. The third-order valence-electron chi connectivity index (χ3n) is 7.93. The van der Waals surface area contributed by atoms with Crippen LogP contribution in [0.2, 0.25) is 18.1 Å². The molecule has 11 heteroatoms. The maximum atomic E-state index is 13.6. The van der Waals surface area contributed by atoms with Crippen molar-refractivity contribution in [1.82, 2.24) is 9.13 Å². The second-order valence-corrected chi connectivity index (χ2v) is 16.6. The third-order valence-corrected chi connectivity index (χ3v) is 12.4. The average Bonchev–Trinajstić information content (AvgIpc) is 3.30. The van der Waals surface area contributed by atoms with Crippen LogP contribution in [0.15, 0.2) is 82.5 Å². The quantitative estimate of drug-likeness (QED) is 0.238. The minimum absolute atomic E-state index is 0.0614. The van der Waals surface area contributed by atoms with E-state index in [1.807, 2.05) is 36.4 Å². The van der Waals surface area contributed by atoms with Gasteiger partial charge in [0.2, 0.25) is 0 Å². The van der Waals surface area contributed by atoms with Crippen LogP contribution in [-0.2, 0) is 36.7 Å². The van der Waals surface area contributed by atoms with Gasteiger partial charge in [-0.1, -0.05) is 69.3 Å². The van der Waals surface area contributed by atoms with Crippen LogP contribution in [0, 0.1) is 0 Å². The van der Waals surface area contributed by atoms with Crippen molar-refractivity contribution >= 4 is 14.3 Å². The number of aromatic nitrogens is 2. The first kappa shape index (κ1) is 31.6. The summed E-state index contributed by atoms with van der Waals surface area (Å²) in [6.45, 7) is 10.7. The van der Waals surface area contributed by atoms with Gasteiger partial charge in [-0.15, -0.1) is 0 Å². The summed E-state index contributed by atoms with van der Waals surface area (Å²) >= 11 is 0. The molecule has 0 radical (unpaired) electrons. The van der Waals surface area contributed by atoms with Gasteiger partial charge in [-0.25, -0.2) is 14.2 Å². The topological polar surface area (TPSA) is 107 Å². The first-order valence-electron chi connectivity index (χ1n) is 13.9. The number of nitrogens with zero attached hydrogens (tertiary/aromatic N) is 2. The molecule has 1 fully saturated rings. The molecule has 4 unspecified atom stereocenters. The summed E-state index contributed by atoms with van der Waals surface area (Å²) < 4.78 is 32.5. The molecule has 0 saturated carbocycles. The summed E-state index contributed by atoms with van der Waals surface area (Å²) in [5.41, 5.74) is 0.136. The SMILES string of the molecule is COC1C(OC(=O)c2ccccc2)C(CO[Si](C)(C)C(C)(C)C)OC1n1ccc(=O)n(COCc2ccccc2)c1=O. The monoisotopic (exact) mass is 596 g/mol. The Bertz CT molecular complexity index is 1450. The van der Waals surface area contributed by atoms with Crippen LogP contribution in [0.25, 0.3) is 0 Å². The van der Waals surface area contributed by atoms with E-state index < -0.39 is 50.1 Å². The van der Waals surface area contributed by atoms with Crippen molar-refractivity contribution < 1.29 is 28.2 Å². The van der Waals surface area contributed by atoms with Gasteiger partial charge in [-0.3, -0.25) is 9.36 Å². The highest BCUT2D eigenvalue weighted by Gasteiger charge is 2.50. The molecule has 0 bridgehead atoms. The van der Waals surface area contributed by atoms with Crippen LogP contribution < -0.4 is 11.2 Å². The number of carbonyl (C=O) groups excluding carboxylic acids is 1. The zero-order valence-electron chi connectivity index (χ0n) is 25.0. The summed E-state index contributed by atoms with van der Waals surface area (Å²) in [6, 6.07) is 19.4. The van der Waals surface area contributed by atoms with Crippen LogP contribution in [0.1, 0.15) is 42.9 Å². The molecule has 226 valence electrons. The van der Waals surface area contributed by atoms with Gasteiger partial charge >= 0.3 is 11.7 Å². The Hall–Kier alpha value is -3.35. The Morgan fingerprint density at radius 2 is 1.60 bits per heavy atom. The fourth-order valence-corrected chi connectivity index (χ4v) is 5.42. The molecule has 3 aromatic rings. The summed E-state index contributed by atoms with van der Waals surface area (Å²) in [7, 11) is -0.738. The zero-order chi connectivity index (χ0) is 30.5. The predicted molar refractivity (Wildman–Crippen MR) is 160 cm³/mol. The van der Waals surface area contributed by atoms with Crippen LogP contribution >= 0.6 is 0 Å². The van der Waals surface area contributed by atoms with Crippen LogP contribution in [0.4, 0.5) is 0 Å².